The van der Waals surface area contributed by atoms with Crippen molar-refractivity contribution in [2.75, 3.05) is 19.6 Å². The maximum Gasteiger partial charge on any atom is 0.513 e. The number of piperidine rings is 1. The molecule has 1 aliphatic rings. The second-order valence-corrected chi connectivity index (χ2v) is 4.07. The highest BCUT2D eigenvalue weighted by molar-refractivity contribution is 5.56. The molecule has 1 N–H and O–H groups in total. The number of amides is 1. The molecule has 0 bridgehead atoms. The molecule has 13 heavy (non-hydrogen) atoms. The zero-order valence-electron chi connectivity index (χ0n) is 8.62. The molecule has 1 saturated heterocycles. The van der Waals surface area contributed by atoms with Crippen LogP contribution in [0.2, 0.25) is 0 Å². The van der Waals surface area contributed by atoms with E-state index in [1.54, 1.807) is 0 Å². The van der Waals surface area contributed by atoms with E-state index < -0.39 is 6.09 Å². The Hall–Kier alpha value is -0.570. The second kappa shape index (κ2) is 4.09. The smallest absolute Gasteiger partial charge is 0.435 e. The third-order valence-electron chi connectivity index (χ3n) is 3.39. The van der Waals surface area contributed by atoms with Crippen LogP contribution < -0.4 is 0 Å². The van der Waals surface area contributed by atoms with Crippen molar-refractivity contribution in [2.24, 2.45) is 5.92 Å². The van der Waals surface area contributed by atoms with Gasteiger partial charge in [0.1, 0.15) is 0 Å². The SMILES string of the molecule is CCC1CCC[N+](CC)(C(=O)O)C1. The maximum atomic E-state index is 11.1. The van der Waals surface area contributed by atoms with Gasteiger partial charge in [0.05, 0.1) is 19.6 Å². The van der Waals surface area contributed by atoms with Gasteiger partial charge in [-0.25, -0.2) is 4.48 Å². The normalized spacial score (nSPS) is 34.5. The van der Waals surface area contributed by atoms with E-state index in [9.17, 15) is 9.90 Å². The van der Waals surface area contributed by atoms with Crippen molar-refractivity contribution in [2.45, 2.75) is 33.1 Å². The lowest BCUT2D eigenvalue weighted by atomic mass is 9.94. The number of carboxylic acid groups (broad SMARTS) is 1. The van der Waals surface area contributed by atoms with Crippen molar-refractivity contribution in [3.05, 3.63) is 0 Å². The molecule has 76 valence electrons. The molecule has 0 aromatic heterocycles. The van der Waals surface area contributed by atoms with Crippen LogP contribution in [-0.4, -0.2) is 35.3 Å². The predicted octanol–water partition coefficient (Wildman–Crippen LogP) is 2.32. The first-order valence-corrected chi connectivity index (χ1v) is 5.24. The highest BCUT2D eigenvalue weighted by Gasteiger charge is 2.39. The van der Waals surface area contributed by atoms with Crippen LogP contribution in [0.1, 0.15) is 33.1 Å². The molecule has 1 heterocycles. The molecule has 0 spiro atoms. The molecule has 2 atom stereocenters. The summed E-state index contributed by atoms with van der Waals surface area (Å²) in [6.07, 6.45) is 2.76. The van der Waals surface area contributed by atoms with E-state index in [0.29, 0.717) is 10.4 Å². The van der Waals surface area contributed by atoms with E-state index in [0.717, 1.165) is 32.5 Å². The molecule has 3 nitrogen and oxygen atoms in total. The van der Waals surface area contributed by atoms with Gasteiger partial charge in [-0.1, -0.05) is 6.92 Å². The van der Waals surface area contributed by atoms with Gasteiger partial charge in [0.25, 0.3) is 0 Å². The van der Waals surface area contributed by atoms with Gasteiger partial charge in [0.15, 0.2) is 0 Å². The molecule has 0 radical (unpaired) electrons. The highest BCUT2D eigenvalue weighted by Crippen LogP contribution is 2.25. The number of likely N-dealkylation sites (tertiary alicyclic amines) is 1. The molecular formula is C10H20NO2+. The van der Waals surface area contributed by atoms with Crippen LogP contribution in [0.3, 0.4) is 0 Å². The van der Waals surface area contributed by atoms with Gasteiger partial charge in [-0.3, -0.25) is 0 Å². The van der Waals surface area contributed by atoms with Crippen molar-refractivity contribution >= 4 is 6.09 Å². The Morgan fingerprint density at radius 1 is 1.54 bits per heavy atom. The lowest BCUT2D eigenvalue weighted by Gasteiger charge is -2.38. The van der Waals surface area contributed by atoms with Gasteiger partial charge in [-0.15, -0.1) is 0 Å². The fourth-order valence-electron chi connectivity index (χ4n) is 2.29. The van der Waals surface area contributed by atoms with Crippen molar-refractivity contribution in [3.63, 3.8) is 0 Å². The summed E-state index contributed by atoms with van der Waals surface area (Å²) in [5.41, 5.74) is 0. The first-order chi connectivity index (χ1) is 6.14. The molecule has 1 amide bonds. The number of hydrogen-bond donors (Lipinski definition) is 1. The molecule has 3 heteroatoms. The largest absolute Gasteiger partial charge is 0.513 e. The lowest BCUT2D eigenvalue weighted by molar-refractivity contribution is -0.864. The quantitative estimate of drug-likeness (QED) is 0.672. The Morgan fingerprint density at radius 2 is 2.23 bits per heavy atom. The summed E-state index contributed by atoms with van der Waals surface area (Å²) in [6, 6.07) is 0. The van der Waals surface area contributed by atoms with Gasteiger partial charge in [0, 0.05) is 5.92 Å². The van der Waals surface area contributed by atoms with Crippen molar-refractivity contribution in [3.8, 4) is 0 Å². The Morgan fingerprint density at radius 3 is 2.69 bits per heavy atom. The van der Waals surface area contributed by atoms with Crippen LogP contribution in [0.4, 0.5) is 4.79 Å². The van der Waals surface area contributed by atoms with E-state index in [4.69, 9.17) is 0 Å². The maximum absolute atomic E-state index is 11.1. The molecule has 0 saturated carbocycles. The summed E-state index contributed by atoms with van der Waals surface area (Å²) < 4.78 is 0.290. The van der Waals surface area contributed by atoms with E-state index in [1.807, 2.05) is 6.92 Å². The van der Waals surface area contributed by atoms with Crippen LogP contribution in [-0.2, 0) is 0 Å². The summed E-state index contributed by atoms with van der Waals surface area (Å²) in [5.74, 6) is 0.616. The van der Waals surface area contributed by atoms with E-state index >= 15 is 0 Å². The van der Waals surface area contributed by atoms with E-state index in [1.165, 1.54) is 6.42 Å². The first kappa shape index (κ1) is 10.5. The minimum Gasteiger partial charge on any atom is -0.435 e. The summed E-state index contributed by atoms with van der Waals surface area (Å²) >= 11 is 0. The average Bonchev–Trinajstić information content (AvgIpc) is 2.17. The van der Waals surface area contributed by atoms with Crippen LogP contribution in [0.5, 0.6) is 0 Å². The molecule has 1 rings (SSSR count). The number of nitrogens with zero attached hydrogens (tertiary/aromatic N) is 1. The molecule has 0 aromatic carbocycles. The van der Waals surface area contributed by atoms with Gasteiger partial charge < -0.3 is 5.11 Å². The van der Waals surface area contributed by atoms with Crippen LogP contribution in [0.25, 0.3) is 0 Å². The fraction of sp³-hybridized carbons (Fsp3) is 0.900. The fourth-order valence-corrected chi connectivity index (χ4v) is 2.29. The Balaban J connectivity index is 2.69. The van der Waals surface area contributed by atoms with Gasteiger partial charge >= 0.3 is 6.09 Å². The van der Waals surface area contributed by atoms with Crippen molar-refractivity contribution < 1.29 is 14.4 Å². The molecular weight excluding hydrogens is 166 g/mol. The molecule has 0 aromatic rings. The Bertz CT molecular complexity index is 193. The van der Waals surface area contributed by atoms with Gasteiger partial charge in [-0.2, -0.15) is 4.79 Å². The molecule has 1 aliphatic heterocycles. The summed E-state index contributed by atoms with van der Waals surface area (Å²) in [7, 11) is 0. The van der Waals surface area contributed by atoms with E-state index in [2.05, 4.69) is 6.92 Å². The van der Waals surface area contributed by atoms with Crippen LogP contribution in [0.15, 0.2) is 0 Å². The Kier molecular flexibility index (Phi) is 3.31. The minimum absolute atomic E-state index is 0.290. The molecule has 0 aliphatic carbocycles. The number of carbonyl (C=O) groups is 1. The second-order valence-electron chi connectivity index (χ2n) is 4.07. The lowest BCUT2D eigenvalue weighted by Crippen LogP contribution is -2.57. The third kappa shape index (κ3) is 2.02. The topological polar surface area (TPSA) is 37.3 Å². The van der Waals surface area contributed by atoms with Crippen molar-refractivity contribution in [1.29, 1.82) is 0 Å². The van der Waals surface area contributed by atoms with Gasteiger partial charge in [-0.05, 0) is 26.2 Å². The summed E-state index contributed by atoms with van der Waals surface area (Å²) in [5, 5.41) is 9.17. The van der Waals surface area contributed by atoms with Gasteiger partial charge in [0.2, 0.25) is 0 Å². The molecule has 1 fully saturated rings. The zero-order valence-corrected chi connectivity index (χ0v) is 8.62. The number of quaternary nitrogens is 1. The van der Waals surface area contributed by atoms with Crippen LogP contribution in [0, 0.1) is 5.92 Å². The monoisotopic (exact) mass is 186 g/mol. The van der Waals surface area contributed by atoms with Crippen LogP contribution >= 0.6 is 0 Å². The average molecular weight is 186 g/mol. The van der Waals surface area contributed by atoms with Crippen molar-refractivity contribution in [1.82, 2.24) is 0 Å². The Labute approximate surface area is 79.9 Å². The number of hydrogen-bond acceptors (Lipinski definition) is 1. The molecule has 2 unspecified atom stereocenters. The predicted molar refractivity (Wildman–Crippen MR) is 51.6 cm³/mol. The first-order valence-electron chi connectivity index (χ1n) is 5.24. The summed E-state index contributed by atoms with van der Waals surface area (Å²) in [4.78, 5) is 11.1. The minimum atomic E-state index is -0.638. The third-order valence-corrected chi connectivity index (χ3v) is 3.39. The zero-order chi connectivity index (χ0) is 9.90. The van der Waals surface area contributed by atoms with E-state index in [-0.39, 0.29) is 0 Å². The standard InChI is InChI=1S/C10H19NO2/c1-3-9-6-5-7-11(4-2,8-9)10(12)13/h9H,3-8H2,1-2H3/p+1. The summed E-state index contributed by atoms with van der Waals surface area (Å²) in [6.45, 7) is 6.52. The highest BCUT2D eigenvalue weighted by atomic mass is 16.4. The number of rotatable bonds is 2.